The molecule has 0 N–H and O–H groups in total. The quantitative estimate of drug-likeness (QED) is 0.630. The van der Waals surface area contributed by atoms with E-state index in [1.165, 1.54) is 5.06 Å². The van der Waals surface area contributed by atoms with E-state index in [0.29, 0.717) is 13.1 Å². The third-order valence-electron chi connectivity index (χ3n) is 1.47. The van der Waals surface area contributed by atoms with Crippen LogP contribution in [-0.4, -0.2) is 22.6 Å². The van der Waals surface area contributed by atoms with Crippen LogP contribution in [0.25, 0.3) is 0 Å². The first-order chi connectivity index (χ1) is 5.76. The number of hydroxylamine groups is 2. The molecule has 0 aliphatic carbocycles. The van der Waals surface area contributed by atoms with Crippen LogP contribution in [0.15, 0.2) is 25.2 Å². The predicted molar refractivity (Wildman–Crippen MR) is 44.3 cm³/mol. The summed E-state index contributed by atoms with van der Waals surface area (Å²) in [6, 6.07) is 0. The Bertz CT molecular complexity index is 213. The summed E-state index contributed by atoms with van der Waals surface area (Å²) in [5.41, 5.74) is 0. The molecule has 1 heterocycles. The highest BCUT2D eigenvalue weighted by molar-refractivity contribution is 5.68. The van der Waals surface area contributed by atoms with E-state index >= 15 is 0 Å². The van der Waals surface area contributed by atoms with Gasteiger partial charge in [0.25, 0.3) is 0 Å². The first-order valence-corrected chi connectivity index (χ1v) is 3.80. The topological polar surface area (TPSA) is 32.8 Å². The predicted octanol–water partition coefficient (Wildman–Crippen LogP) is 1.04. The van der Waals surface area contributed by atoms with Crippen molar-refractivity contribution in [1.29, 1.82) is 0 Å². The molecule has 4 nitrogen and oxygen atoms in total. The van der Waals surface area contributed by atoms with Gasteiger partial charge >= 0.3 is 5.97 Å². The number of carbonyl (C=O) groups is 1. The highest BCUT2D eigenvalue weighted by Gasteiger charge is 2.12. The molecule has 0 fully saturated rings. The molecule has 0 aromatic carbocycles. The summed E-state index contributed by atoms with van der Waals surface area (Å²) in [5, 5.41) is 1.47. The van der Waals surface area contributed by atoms with Crippen LogP contribution in [0.1, 0.15) is 13.3 Å². The maximum Gasteiger partial charge on any atom is 0.332 e. The first-order valence-electron chi connectivity index (χ1n) is 3.80. The van der Waals surface area contributed by atoms with Crippen molar-refractivity contribution in [3.63, 3.8) is 0 Å². The van der Waals surface area contributed by atoms with Crippen LogP contribution in [0.3, 0.4) is 0 Å². The number of nitrogens with zero attached hydrogens (tertiary/aromatic N) is 2. The van der Waals surface area contributed by atoms with Gasteiger partial charge in [0.1, 0.15) is 6.67 Å². The zero-order chi connectivity index (χ0) is 8.97. The zero-order valence-electron chi connectivity index (χ0n) is 7.06. The Hall–Kier alpha value is -1.45. The second-order valence-corrected chi connectivity index (χ2v) is 2.37. The lowest BCUT2D eigenvalue weighted by atomic mass is 10.5. The second-order valence-electron chi connectivity index (χ2n) is 2.37. The summed E-state index contributed by atoms with van der Waals surface area (Å²) in [4.78, 5) is 17.5. The molecule has 0 atom stereocenters. The van der Waals surface area contributed by atoms with Gasteiger partial charge in [0.05, 0.1) is 6.20 Å². The third-order valence-corrected chi connectivity index (χ3v) is 1.47. The van der Waals surface area contributed by atoms with E-state index in [4.69, 9.17) is 4.84 Å². The smallest absolute Gasteiger partial charge is 0.332 e. The average Bonchev–Trinajstić information content (AvgIpc) is 2.52. The van der Waals surface area contributed by atoms with Crippen LogP contribution in [0, 0.1) is 0 Å². The second kappa shape index (κ2) is 3.80. The third kappa shape index (κ3) is 2.02. The molecular weight excluding hydrogens is 156 g/mol. The minimum Gasteiger partial charge on any atom is -0.340 e. The standard InChI is InChI=1S/C8H12N2O2/c1-3-8(11)12-10-6-5-9(4-2)7-10/h4-6H,2-3,7H2,1H3. The Morgan fingerprint density at radius 3 is 3.00 bits per heavy atom. The molecule has 0 radical (unpaired) electrons. The molecule has 0 saturated carbocycles. The van der Waals surface area contributed by atoms with Gasteiger partial charge in [0.2, 0.25) is 0 Å². The molecule has 1 aliphatic rings. The van der Waals surface area contributed by atoms with Crippen LogP contribution < -0.4 is 0 Å². The first kappa shape index (κ1) is 8.64. The van der Waals surface area contributed by atoms with Crippen molar-refractivity contribution in [2.24, 2.45) is 0 Å². The number of hydrogen-bond donors (Lipinski definition) is 0. The molecule has 0 amide bonds. The van der Waals surface area contributed by atoms with E-state index in [1.807, 2.05) is 4.90 Å². The van der Waals surface area contributed by atoms with Gasteiger partial charge in [-0.15, -0.1) is 0 Å². The van der Waals surface area contributed by atoms with Crippen molar-refractivity contribution in [2.75, 3.05) is 6.67 Å². The summed E-state index contributed by atoms with van der Waals surface area (Å²) < 4.78 is 0. The molecule has 4 heteroatoms. The van der Waals surface area contributed by atoms with Crippen molar-refractivity contribution >= 4 is 5.97 Å². The van der Waals surface area contributed by atoms with Crippen LogP contribution in [0.5, 0.6) is 0 Å². The SMILES string of the molecule is C=CN1C=CN(OC(=O)CC)C1. The Morgan fingerprint density at radius 2 is 2.50 bits per heavy atom. The fourth-order valence-electron chi connectivity index (χ4n) is 0.788. The average molecular weight is 168 g/mol. The lowest BCUT2D eigenvalue weighted by Crippen LogP contribution is -2.24. The highest BCUT2D eigenvalue weighted by atomic mass is 16.7. The van der Waals surface area contributed by atoms with E-state index in [2.05, 4.69) is 6.58 Å². The van der Waals surface area contributed by atoms with Gasteiger partial charge < -0.3 is 9.74 Å². The van der Waals surface area contributed by atoms with E-state index in [9.17, 15) is 4.79 Å². The van der Waals surface area contributed by atoms with Crippen LogP contribution in [-0.2, 0) is 9.63 Å². The minimum absolute atomic E-state index is 0.231. The molecule has 0 spiro atoms. The van der Waals surface area contributed by atoms with Gasteiger partial charge in [-0.25, -0.2) is 4.79 Å². The Labute approximate surface area is 71.7 Å². The van der Waals surface area contributed by atoms with Gasteiger partial charge in [0.15, 0.2) is 0 Å². The molecule has 66 valence electrons. The molecule has 0 aromatic heterocycles. The van der Waals surface area contributed by atoms with Gasteiger partial charge in [-0.05, 0) is 6.20 Å². The van der Waals surface area contributed by atoms with Crippen molar-refractivity contribution in [2.45, 2.75) is 13.3 Å². The summed E-state index contributed by atoms with van der Waals surface area (Å²) in [6.45, 7) is 5.86. The van der Waals surface area contributed by atoms with Crippen LogP contribution >= 0.6 is 0 Å². The van der Waals surface area contributed by atoms with E-state index in [1.54, 1.807) is 25.5 Å². The Kier molecular flexibility index (Phi) is 2.74. The minimum atomic E-state index is -0.231. The number of carbonyl (C=O) groups excluding carboxylic acids is 1. The fourth-order valence-corrected chi connectivity index (χ4v) is 0.788. The molecule has 1 rings (SSSR count). The number of hydrogen-bond acceptors (Lipinski definition) is 4. The highest BCUT2D eigenvalue weighted by Crippen LogP contribution is 2.07. The van der Waals surface area contributed by atoms with Crippen LogP contribution in [0.4, 0.5) is 0 Å². The van der Waals surface area contributed by atoms with Gasteiger partial charge in [-0.2, -0.15) is 5.06 Å². The van der Waals surface area contributed by atoms with Gasteiger partial charge in [-0.3, -0.25) is 0 Å². The Balaban J connectivity index is 2.34. The fraction of sp³-hybridized carbons (Fsp3) is 0.375. The Morgan fingerprint density at radius 1 is 1.75 bits per heavy atom. The maximum atomic E-state index is 10.8. The summed E-state index contributed by atoms with van der Waals surface area (Å²) >= 11 is 0. The van der Waals surface area contributed by atoms with E-state index in [0.717, 1.165) is 0 Å². The van der Waals surface area contributed by atoms with Crippen molar-refractivity contribution in [1.82, 2.24) is 9.96 Å². The number of rotatable bonds is 3. The van der Waals surface area contributed by atoms with E-state index < -0.39 is 0 Å². The lowest BCUT2D eigenvalue weighted by molar-refractivity contribution is -0.179. The van der Waals surface area contributed by atoms with Crippen molar-refractivity contribution < 1.29 is 9.63 Å². The van der Waals surface area contributed by atoms with Crippen LogP contribution in [0.2, 0.25) is 0 Å². The summed E-state index contributed by atoms with van der Waals surface area (Å²) in [7, 11) is 0. The molecule has 0 aromatic rings. The van der Waals surface area contributed by atoms with E-state index in [-0.39, 0.29) is 5.97 Å². The largest absolute Gasteiger partial charge is 0.340 e. The van der Waals surface area contributed by atoms with Crippen molar-refractivity contribution in [3.8, 4) is 0 Å². The molecule has 0 saturated heterocycles. The van der Waals surface area contributed by atoms with Gasteiger partial charge in [0, 0.05) is 12.6 Å². The monoisotopic (exact) mass is 168 g/mol. The zero-order valence-corrected chi connectivity index (χ0v) is 7.06. The maximum absolute atomic E-state index is 10.8. The summed E-state index contributed by atoms with van der Waals surface area (Å²) in [5.74, 6) is -0.231. The normalized spacial score (nSPS) is 15.1. The molecule has 12 heavy (non-hydrogen) atoms. The molecular formula is C8H12N2O2. The van der Waals surface area contributed by atoms with Gasteiger partial charge in [-0.1, -0.05) is 13.5 Å². The lowest BCUT2D eigenvalue weighted by Gasteiger charge is -2.16. The molecule has 1 aliphatic heterocycles. The summed E-state index contributed by atoms with van der Waals surface area (Å²) in [6.07, 6.45) is 5.53. The molecule has 0 unspecified atom stereocenters. The van der Waals surface area contributed by atoms with Crippen molar-refractivity contribution in [3.05, 3.63) is 25.2 Å². The molecule has 0 bridgehead atoms.